The Labute approximate surface area is 142 Å². The van der Waals surface area contributed by atoms with Crippen LogP contribution in [0.3, 0.4) is 0 Å². The van der Waals surface area contributed by atoms with E-state index in [2.05, 4.69) is 0 Å². The van der Waals surface area contributed by atoms with Crippen molar-refractivity contribution < 1.29 is 23.1 Å². The molecule has 0 aliphatic rings. The highest BCUT2D eigenvalue weighted by Gasteiger charge is 2.27. The third kappa shape index (κ3) is 5.25. The Bertz CT molecular complexity index is 517. The molecule has 1 rings (SSSR count). The lowest BCUT2D eigenvalue weighted by atomic mass is 9.92. The van der Waals surface area contributed by atoms with Gasteiger partial charge in [0.1, 0.15) is 0 Å². The summed E-state index contributed by atoms with van der Waals surface area (Å²) < 4.78 is 42.2. The molecule has 0 saturated heterocycles. The summed E-state index contributed by atoms with van der Waals surface area (Å²) in [6.07, 6.45) is 6.81. The largest absolute Gasteiger partial charge is 0.478 e. The fraction of sp³-hybridized carbons (Fsp3) is 0.632. The maximum Gasteiger partial charge on any atom is 0.336 e. The molecule has 0 aromatic heterocycles. The van der Waals surface area contributed by atoms with E-state index in [-0.39, 0.29) is 29.5 Å². The normalized spacial score (nSPS) is 11.0. The van der Waals surface area contributed by atoms with Crippen LogP contribution in [0.1, 0.15) is 86.7 Å². The first kappa shape index (κ1) is 20.5. The summed E-state index contributed by atoms with van der Waals surface area (Å²) in [4.78, 5) is 11.6. The van der Waals surface area contributed by atoms with Crippen LogP contribution >= 0.6 is 0 Å². The molecule has 0 aliphatic carbocycles. The average Bonchev–Trinajstić information content (AvgIpc) is 2.55. The smallest absolute Gasteiger partial charge is 0.336 e. The molecule has 1 N–H and O–H groups in total. The second-order valence-corrected chi connectivity index (χ2v) is 6.20. The molecule has 0 spiro atoms. The van der Waals surface area contributed by atoms with Crippen LogP contribution in [0.4, 0.5) is 13.2 Å². The number of unbranched alkanes of at least 4 members (excludes halogenated alkanes) is 6. The minimum atomic E-state index is -1.55. The van der Waals surface area contributed by atoms with Crippen LogP contribution in [-0.4, -0.2) is 11.1 Å². The third-order valence-electron chi connectivity index (χ3n) is 4.29. The molecule has 1 aromatic rings. The topological polar surface area (TPSA) is 37.3 Å². The van der Waals surface area contributed by atoms with Gasteiger partial charge in [0.15, 0.2) is 17.5 Å². The lowest BCUT2D eigenvalue weighted by Gasteiger charge is -2.15. The van der Waals surface area contributed by atoms with Crippen LogP contribution in [0.25, 0.3) is 0 Å². The van der Waals surface area contributed by atoms with Crippen LogP contribution in [-0.2, 0) is 12.8 Å². The predicted molar refractivity (Wildman–Crippen MR) is 89.0 cm³/mol. The quantitative estimate of drug-likeness (QED) is 0.392. The van der Waals surface area contributed by atoms with Gasteiger partial charge in [-0.25, -0.2) is 18.0 Å². The standard InChI is InChI=1S/C19H27F3O2/c1-3-5-7-9-11-13-15(19(23)24)14(12-10-8-6-4-2)17(21)18(22)16(13)20/h3-12H2,1-2H3,(H,23,24). The zero-order valence-electron chi connectivity index (χ0n) is 14.6. The van der Waals surface area contributed by atoms with E-state index in [1.54, 1.807) is 0 Å². The van der Waals surface area contributed by atoms with Crippen molar-refractivity contribution in [2.75, 3.05) is 0 Å². The minimum absolute atomic E-state index is 0.118. The van der Waals surface area contributed by atoms with Gasteiger partial charge < -0.3 is 5.11 Å². The Hall–Kier alpha value is -1.52. The first-order chi connectivity index (χ1) is 11.5. The molecule has 0 atom stereocenters. The fourth-order valence-electron chi connectivity index (χ4n) is 2.95. The second-order valence-electron chi connectivity index (χ2n) is 6.20. The van der Waals surface area contributed by atoms with Crippen LogP contribution in [0.5, 0.6) is 0 Å². The van der Waals surface area contributed by atoms with Crippen molar-refractivity contribution in [3.05, 3.63) is 34.1 Å². The number of carboxylic acids is 1. The van der Waals surface area contributed by atoms with Crippen molar-refractivity contribution in [3.8, 4) is 0 Å². The minimum Gasteiger partial charge on any atom is -0.478 e. The molecule has 2 nitrogen and oxygen atoms in total. The van der Waals surface area contributed by atoms with Crippen molar-refractivity contribution in [2.24, 2.45) is 0 Å². The summed E-state index contributed by atoms with van der Waals surface area (Å²) in [5, 5.41) is 9.44. The van der Waals surface area contributed by atoms with Gasteiger partial charge in [-0.05, 0) is 25.7 Å². The van der Waals surface area contributed by atoms with Crippen molar-refractivity contribution >= 4 is 5.97 Å². The van der Waals surface area contributed by atoms with Crippen molar-refractivity contribution in [2.45, 2.75) is 78.1 Å². The Morgan fingerprint density at radius 2 is 1.17 bits per heavy atom. The molecule has 5 heteroatoms. The Kier molecular flexibility index (Phi) is 8.87. The number of aromatic carboxylic acids is 1. The van der Waals surface area contributed by atoms with Gasteiger partial charge in [-0.3, -0.25) is 0 Å². The van der Waals surface area contributed by atoms with E-state index in [0.29, 0.717) is 12.8 Å². The molecule has 0 fully saturated rings. The van der Waals surface area contributed by atoms with E-state index in [0.717, 1.165) is 38.5 Å². The van der Waals surface area contributed by atoms with Gasteiger partial charge in [0.2, 0.25) is 0 Å². The number of hydrogen-bond donors (Lipinski definition) is 1. The summed E-state index contributed by atoms with van der Waals surface area (Å²) in [6.45, 7) is 4.05. The van der Waals surface area contributed by atoms with Crippen molar-refractivity contribution in [1.29, 1.82) is 0 Å². The van der Waals surface area contributed by atoms with Gasteiger partial charge >= 0.3 is 5.97 Å². The van der Waals surface area contributed by atoms with Crippen LogP contribution in [0.2, 0.25) is 0 Å². The van der Waals surface area contributed by atoms with Crippen LogP contribution in [0, 0.1) is 17.5 Å². The highest BCUT2D eigenvalue weighted by molar-refractivity contribution is 5.91. The van der Waals surface area contributed by atoms with Gasteiger partial charge in [0.05, 0.1) is 5.56 Å². The maximum absolute atomic E-state index is 14.1. The van der Waals surface area contributed by atoms with Gasteiger partial charge in [0, 0.05) is 11.1 Å². The lowest BCUT2D eigenvalue weighted by molar-refractivity contribution is 0.0692. The second kappa shape index (κ2) is 10.4. The van der Waals surface area contributed by atoms with Crippen molar-refractivity contribution in [3.63, 3.8) is 0 Å². The highest BCUT2D eigenvalue weighted by Crippen LogP contribution is 2.28. The van der Waals surface area contributed by atoms with Crippen molar-refractivity contribution in [1.82, 2.24) is 0 Å². The third-order valence-corrected chi connectivity index (χ3v) is 4.29. The molecule has 0 aliphatic heterocycles. The van der Waals surface area contributed by atoms with E-state index in [4.69, 9.17) is 0 Å². The average molecular weight is 344 g/mol. The summed E-state index contributed by atoms with van der Waals surface area (Å²) in [7, 11) is 0. The molecule has 24 heavy (non-hydrogen) atoms. The molecule has 1 aromatic carbocycles. The van der Waals surface area contributed by atoms with Gasteiger partial charge in [-0.15, -0.1) is 0 Å². The molecular weight excluding hydrogens is 317 g/mol. The van der Waals surface area contributed by atoms with Gasteiger partial charge in [0.25, 0.3) is 0 Å². The lowest BCUT2D eigenvalue weighted by Crippen LogP contribution is -2.15. The Balaban J connectivity index is 3.15. The summed E-state index contributed by atoms with van der Waals surface area (Å²) in [5.74, 6) is -5.63. The molecule has 0 radical (unpaired) electrons. The number of hydrogen-bond acceptors (Lipinski definition) is 1. The highest BCUT2D eigenvalue weighted by atomic mass is 19.2. The van der Waals surface area contributed by atoms with E-state index in [1.807, 2.05) is 13.8 Å². The number of carbonyl (C=O) groups is 1. The van der Waals surface area contributed by atoms with E-state index < -0.39 is 23.4 Å². The van der Waals surface area contributed by atoms with Crippen LogP contribution < -0.4 is 0 Å². The number of halogens is 3. The zero-order chi connectivity index (χ0) is 18.1. The van der Waals surface area contributed by atoms with E-state index >= 15 is 0 Å². The predicted octanol–water partition coefficient (Wildman–Crippen LogP) is 6.05. The fourth-order valence-corrected chi connectivity index (χ4v) is 2.95. The first-order valence-electron chi connectivity index (χ1n) is 8.87. The number of benzene rings is 1. The zero-order valence-corrected chi connectivity index (χ0v) is 14.6. The maximum atomic E-state index is 14.1. The molecule has 0 heterocycles. The van der Waals surface area contributed by atoms with Gasteiger partial charge in [-0.2, -0.15) is 0 Å². The first-order valence-corrected chi connectivity index (χ1v) is 8.87. The SMILES string of the molecule is CCCCCCc1c(F)c(F)c(F)c(CCCCCC)c1C(=O)O. The monoisotopic (exact) mass is 344 g/mol. The molecule has 136 valence electrons. The Morgan fingerprint density at radius 1 is 0.750 bits per heavy atom. The van der Waals surface area contributed by atoms with E-state index in [9.17, 15) is 23.1 Å². The van der Waals surface area contributed by atoms with E-state index in [1.165, 1.54) is 0 Å². The summed E-state index contributed by atoms with van der Waals surface area (Å²) in [5.41, 5.74) is -0.759. The summed E-state index contributed by atoms with van der Waals surface area (Å²) >= 11 is 0. The molecule has 0 saturated carbocycles. The van der Waals surface area contributed by atoms with Crippen LogP contribution in [0.15, 0.2) is 0 Å². The number of rotatable bonds is 11. The molecule has 0 bridgehead atoms. The molecule has 0 amide bonds. The molecular formula is C19H27F3O2. The Morgan fingerprint density at radius 3 is 1.50 bits per heavy atom. The molecule has 0 unspecified atom stereocenters. The van der Waals surface area contributed by atoms with Gasteiger partial charge in [-0.1, -0.05) is 52.4 Å². The number of carboxylic acid groups (broad SMARTS) is 1. The summed E-state index contributed by atoms with van der Waals surface area (Å²) in [6, 6.07) is 0.